The molecule has 0 bridgehead atoms. The first kappa shape index (κ1) is 26.7. The number of benzene rings is 4. The van der Waals surface area contributed by atoms with Crippen LogP contribution < -0.4 is 4.74 Å². The lowest BCUT2D eigenvalue weighted by atomic mass is 9.97. The fraction of sp³-hybridized carbons (Fsp3) is 0.0345. The van der Waals surface area contributed by atoms with Crippen molar-refractivity contribution in [1.82, 2.24) is 0 Å². The highest BCUT2D eigenvalue weighted by Gasteiger charge is 2.34. The third kappa shape index (κ3) is 5.77. The number of hydrogen-bond acceptors (Lipinski definition) is 1. The number of rotatable bonds is 6. The van der Waals surface area contributed by atoms with Gasteiger partial charge < -0.3 is 4.74 Å². The van der Waals surface area contributed by atoms with Crippen molar-refractivity contribution in [3.8, 4) is 39.1 Å². The van der Waals surface area contributed by atoms with Crippen LogP contribution in [-0.2, 0) is 0 Å². The minimum absolute atomic E-state index is 0.0561. The first-order chi connectivity index (χ1) is 18.0. The maximum absolute atomic E-state index is 14.9. The molecule has 0 aliphatic heterocycles. The zero-order valence-corrected chi connectivity index (χ0v) is 19.2. The first-order valence-corrected chi connectivity index (χ1v) is 10.9. The molecule has 194 valence electrons. The molecule has 0 atom stereocenters. The highest BCUT2D eigenvalue weighted by Crippen LogP contribution is 2.35. The Bertz CT molecular complexity index is 1500. The molecular weight excluding hydrogens is 516 g/mol. The summed E-state index contributed by atoms with van der Waals surface area (Å²) in [7, 11) is 0. The van der Waals surface area contributed by atoms with Gasteiger partial charge in [-0.2, -0.15) is 0 Å². The van der Waals surface area contributed by atoms with Crippen molar-refractivity contribution in [2.24, 2.45) is 0 Å². The van der Waals surface area contributed by atoms with Gasteiger partial charge in [0.05, 0.1) is 0 Å². The summed E-state index contributed by atoms with van der Waals surface area (Å²) >= 11 is 0. The van der Waals surface area contributed by atoms with Crippen LogP contribution in [0.1, 0.15) is 5.56 Å². The molecule has 0 saturated carbocycles. The molecule has 38 heavy (non-hydrogen) atoms. The lowest BCUT2D eigenvalue weighted by molar-refractivity contribution is -0.276. The SMILES string of the molecule is C=CC(F)=C(F)c1ccc(-c2ccc(-c3ccc(-c4cc(F)c(OC(F)(F)F)c(F)c4)c(F)c3)cc2)cc1. The van der Waals surface area contributed by atoms with E-state index in [1.807, 2.05) is 0 Å². The zero-order chi connectivity index (χ0) is 27.6. The van der Waals surface area contributed by atoms with E-state index >= 15 is 0 Å². The van der Waals surface area contributed by atoms with E-state index in [2.05, 4.69) is 11.3 Å². The van der Waals surface area contributed by atoms with Crippen LogP contribution in [0.4, 0.5) is 35.1 Å². The first-order valence-electron chi connectivity index (χ1n) is 10.9. The summed E-state index contributed by atoms with van der Waals surface area (Å²) in [4.78, 5) is 0. The van der Waals surface area contributed by atoms with Crippen LogP contribution in [0.15, 0.2) is 97.3 Å². The number of allylic oxidation sites excluding steroid dienone is 2. The highest BCUT2D eigenvalue weighted by molar-refractivity contribution is 5.75. The van der Waals surface area contributed by atoms with Crippen molar-refractivity contribution in [3.05, 3.63) is 120 Å². The van der Waals surface area contributed by atoms with Gasteiger partial charge in [0, 0.05) is 11.1 Å². The predicted octanol–water partition coefficient (Wildman–Crippen LogP) is 9.80. The standard InChI is InChI=1S/C29H16F8O/c1-2-23(30)27(34)19-9-7-17(8-10-19)16-3-5-18(6-4-16)20-11-12-22(24(31)13-20)21-14-25(32)28(26(33)15-21)38-29(35,36)37/h2-15H,1H2. The Morgan fingerprint density at radius 2 is 1.08 bits per heavy atom. The molecule has 4 aromatic rings. The Morgan fingerprint density at radius 1 is 0.632 bits per heavy atom. The van der Waals surface area contributed by atoms with E-state index in [0.29, 0.717) is 23.3 Å². The Hall–Kier alpha value is -4.40. The van der Waals surface area contributed by atoms with Crippen LogP contribution in [0.2, 0.25) is 0 Å². The molecule has 0 N–H and O–H groups in total. The second-order valence-electron chi connectivity index (χ2n) is 8.03. The van der Waals surface area contributed by atoms with Gasteiger partial charge in [0.15, 0.2) is 23.3 Å². The van der Waals surface area contributed by atoms with Gasteiger partial charge in [-0.1, -0.05) is 67.2 Å². The predicted molar refractivity (Wildman–Crippen MR) is 129 cm³/mol. The van der Waals surface area contributed by atoms with Gasteiger partial charge >= 0.3 is 6.36 Å². The van der Waals surface area contributed by atoms with Gasteiger partial charge in [-0.3, -0.25) is 0 Å². The number of hydrogen-bond donors (Lipinski definition) is 0. The molecule has 0 radical (unpaired) electrons. The second-order valence-corrected chi connectivity index (χ2v) is 8.03. The number of alkyl halides is 3. The van der Waals surface area contributed by atoms with Crippen molar-refractivity contribution in [1.29, 1.82) is 0 Å². The Morgan fingerprint density at radius 3 is 1.55 bits per heavy atom. The Labute approximate surface area is 211 Å². The Kier molecular flexibility index (Phi) is 7.39. The second kappa shape index (κ2) is 10.5. The third-order valence-corrected chi connectivity index (χ3v) is 5.57. The van der Waals surface area contributed by atoms with E-state index in [0.717, 1.165) is 23.3 Å². The maximum Gasteiger partial charge on any atom is 0.573 e. The zero-order valence-electron chi connectivity index (χ0n) is 19.2. The van der Waals surface area contributed by atoms with E-state index in [-0.39, 0.29) is 16.7 Å². The van der Waals surface area contributed by atoms with Gasteiger partial charge in [0.2, 0.25) is 5.75 Å². The normalized spacial score (nSPS) is 12.2. The molecule has 0 saturated heterocycles. The monoisotopic (exact) mass is 532 g/mol. The average molecular weight is 532 g/mol. The minimum atomic E-state index is -5.30. The quantitative estimate of drug-likeness (QED) is 0.177. The van der Waals surface area contributed by atoms with Crippen molar-refractivity contribution < 1.29 is 39.9 Å². The fourth-order valence-corrected chi connectivity index (χ4v) is 3.75. The molecule has 4 rings (SSSR count). The van der Waals surface area contributed by atoms with Crippen LogP contribution in [0.5, 0.6) is 5.75 Å². The molecular formula is C29H16F8O. The summed E-state index contributed by atoms with van der Waals surface area (Å²) in [6.45, 7) is 3.19. The lowest BCUT2D eigenvalue weighted by Gasteiger charge is -2.13. The molecule has 4 aromatic carbocycles. The largest absolute Gasteiger partial charge is 0.573 e. The molecule has 0 fully saturated rings. The number of halogens is 8. The summed E-state index contributed by atoms with van der Waals surface area (Å²) in [5, 5.41) is 0. The molecule has 0 heterocycles. The smallest absolute Gasteiger partial charge is 0.399 e. The average Bonchev–Trinajstić information content (AvgIpc) is 2.89. The molecule has 1 nitrogen and oxygen atoms in total. The minimum Gasteiger partial charge on any atom is -0.399 e. The number of ether oxygens (including phenoxy) is 1. The molecule has 0 spiro atoms. The molecule has 0 aromatic heterocycles. The molecule has 0 aliphatic rings. The van der Waals surface area contributed by atoms with Crippen LogP contribution >= 0.6 is 0 Å². The lowest BCUT2D eigenvalue weighted by Crippen LogP contribution is -2.19. The van der Waals surface area contributed by atoms with Crippen molar-refractivity contribution >= 4 is 5.83 Å². The summed E-state index contributed by atoms with van der Waals surface area (Å²) in [5.41, 5.74) is 2.02. The maximum atomic E-state index is 14.9. The van der Waals surface area contributed by atoms with E-state index < -0.39 is 41.2 Å². The molecule has 0 amide bonds. The molecule has 0 aliphatic carbocycles. The summed E-state index contributed by atoms with van der Waals surface area (Å²) in [6.07, 6.45) is -4.52. The van der Waals surface area contributed by atoms with Crippen LogP contribution in [0.25, 0.3) is 39.2 Å². The van der Waals surface area contributed by atoms with Crippen molar-refractivity contribution in [2.75, 3.05) is 0 Å². The summed E-state index contributed by atoms with van der Waals surface area (Å²) < 4.78 is 111. The van der Waals surface area contributed by atoms with Crippen LogP contribution in [0, 0.1) is 17.5 Å². The van der Waals surface area contributed by atoms with Gasteiger partial charge in [-0.05, 0) is 52.1 Å². The molecule has 9 heteroatoms. The van der Waals surface area contributed by atoms with Gasteiger partial charge in [-0.15, -0.1) is 13.2 Å². The fourth-order valence-electron chi connectivity index (χ4n) is 3.75. The van der Waals surface area contributed by atoms with Crippen molar-refractivity contribution in [2.45, 2.75) is 6.36 Å². The van der Waals surface area contributed by atoms with Crippen molar-refractivity contribution in [3.63, 3.8) is 0 Å². The topological polar surface area (TPSA) is 9.23 Å². The van der Waals surface area contributed by atoms with E-state index in [9.17, 15) is 35.1 Å². The van der Waals surface area contributed by atoms with E-state index in [1.165, 1.54) is 24.3 Å². The van der Waals surface area contributed by atoms with Gasteiger partial charge in [0.25, 0.3) is 0 Å². The van der Waals surface area contributed by atoms with E-state index in [1.54, 1.807) is 36.4 Å². The van der Waals surface area contributed by atoms with E-state index in [4.69, 9.17) is 0 Å². The van der Waals surface area contributed by atoms with Gasteiger partial charge in [0.1, 0.15) is 5.82 Å². The summed E-state index contributed by atoms with van der Waals surface area (Å²) in [5.74, 6) is -7.83. The Balaban J connectivity index is 1.57. The van der Waals surface area contributed by atoms with Gasteiger partial charge in [-0.25, -0.2) is 22.0 Å². The molecule has 0 unspecified atom stereocenters. The third-order valence-electron chi connectivity index (χ3n) is 5.57. The van der Waals surface area contributed by atoms with Crippen LogP contribution in [0.3, 0.4) is 0 Å². The summed E-state index contributed by atoms with van der Waals surface area (Å²) in [6, 6.07) is 17.9. The highest BCUT2D eigenvalue weighted by atomic mass is 19.4. The van der Waals surface area contributed by atoms with Crippen LogP contribution in [-0.4, -0.2) is 6.36 Å².